The fraction of sp³-hybridized carbons (Fsp3) is 0.304. The van der Waals surface area contributed by atoms with Gasteiger partial charge in [0.2, 0.25) is 0 Å². The van der Waals surface area contributed by atoms with Crippen molar-refractivity contribution in [3.8, 4) is 0 Å². The summed E-state index contributed by atoms with van der Waals surface area (Å²) in [6.45, 7) is 6.43. The van der Waals surface area contributed by atoms with Crippen LogP contribution in [0.1, 0.15) is 31.4 Å². The Morgan fingerprint density at radius 3 is 2.42 bits per heavy atom. The Labute approximate surface area is 180 Å². The van der Waals surface area contributed by atoms with Gasteiger partial charge < -0.3 is 10.1 Å². The second kappa shape index (κ2) is 9.53. The minimum Gasteiger partial charge on any atom is -0.379 e. The number of rotatable bonds is 9. The molecule has 0 aromatic heterocycles. The van der Waals surface area contributed by atoms with Crippen LogP contribution in [0, 0.1) is 17.0 Å². The SMILES string of the molecule is Cc1cccc(NC2=C(c3ccc([N+](=O)[O-])cc3)C(=O)N(CCCOC(C)C)C2=O)c1. The number of ether oxygens (including phenoxy) is 1. The maximum absolute atomic E-state index is 13.2. The van der Waals surface area contributed by atoms with Gasteiger partial charge in [-0.2, -0.15) is 0 Å². The fourth-order valence-electron chi connectivity index (χ4n) is 3.32. The highest BCUT2D eigenvalue weighted by Crippen LogP contribution is 2.31. The number of aryl methyl sites for hydroxylation is 1. The van der Waals surface area contributed by atoms with E-state index in [2.05, 4.69) is 5.32 Å². The molecule has 0 saturated heterocycles. The van der Waals surface area contributed by atoms with Gasteiger partial charge in [0.15, 0.2) is 0 Å². The summed E-state index contributed by atoms with van der Waals surface area (Å²) >= 11 is 0. The molecule has 0 bridgehead atoms. The number of nitro groups is 1. The molecule has 1 heterocycles. The molecule has 2 aromatic rings. The molecule has 0 saturated carbocycles. The number of benzene rings is 2. The van der Waals surface area contributed by atoms with Crippen LogP contribution in [0.5, 0.6) is 0 Å². The molecule has 31 heavy (non-hydrogen) atoms. The number of carbonyl (C=O) groups is 2. The number of non-ortho nitro benzene ring substituents is 1. The van der Waals surface area contributed by atoms with Crippen molar-refractivity contribution in [1.82, 2.24) is 4.90 Å². The van der Waals surface area contributed by atoms with E-state index in [1.807, 2.05) is 45.0 Å². The van der Waals surface area contributed by atoms with Crippen molar-refractivity contribution in [1.29, 1.82) is 0 Å². The molecule has 162 valence electrons. The molecule has 8 nitrogen and oxygen atoms in total. The molecule has 0 radical (unpaired) electrons. The zero-order chi connectivity index (χ0) is 22.5. The van der Waals surface area contributed by atoms with Gasteiger partial charge in [-0.15, -0.1) is 0 Å². The maximum Gasteiger partial charge on any atom is 0.278 e. The average molecular weight is 423 g/mol. The van der Waals surface area contributed by atoms with E-state index >= 15 is 0 Å². The van der Waals surface area contributed by atoms with Crippen LogP contribution >= 0.6 is 0 Å². The number of amides is 2. The second-order valence-corrected chi connectivity index (χ2v) is 7.58. The summed E-state index contributed by atoms with van der Waals surface area (Å²) in [5.41, 5.74) is 2.40. The summed E-state index contributed by atoms with van der Waals surface area (Å²) in [6, 6.07) is 13.1. The number of carbonyl (C=O) groups excluding carboxylic acids is 2. The zero-order valence-corrected chi connectivity index (χ0v) is 17.8. The van der Waals surface area contributed by atoms with E-state index in [0.717, 1.165) is 5.56 Å². The molecular weight excluding hydrogens is 398 g/mol. The molecule has 0 spiro atoms. The lowest BCUT2D eigenvalue weighted by molar-refractivity contribution is -0.384. The van der Waals surface area contributed by atoms with Crippen molar-refractivity contribution in [2.75, 3.05) is 18.5 Å². The Balaban J connectivity index is 1.92. The highest BCUT2D eigenvalue weighted by molar-refractivity contribution is 6.36. The summed E-state index contributed by atoms with van der Waals surface area (Å²) in [5.74, 6) is -0.858. The summed E-state index contributed by atoms with van der Waals surface area (Å²) in [6.07, 6.45) is 0.582. The lowest BCUT2D eigenvalue weighted by atomic mass is 10.0. The number of nitrogens with one attached hydrogen (secondary N) is 1. The van der Waals surface area contributed by atoms with E-state index in [-0.39, 0.29) is 29.6 Å². The highest BCUT2D eigenvalue weighted by atomic mass is 16.6. The molecular formula is C23H25N3O5. The molecule has 3 rings (SSSR count). The number of imide groups is 1. The molecule has 0 unspecified atom stereocenters. The second-order valence-electron chi connectivity index (χ2n) is 7.58. The lowest BCUT2D eigenvalue weighted by Crippen LogP contribution is -2.34. The predicted octanol–water partition coefficient (Wildman–Crippen LogP) is 3.91. The molecule has 2 aromatic carbocycles. The van der Waals surface area contributed by atoms with Gasteiger partial charge in [-0.25, -0.2) is 0 Å². The van der Waals surface area contributed by atoms with Crippen molar-refractivity contribution in [3.63, 3.8) is 0 Å². The molecule has 1 aliphatic heterocycles. The van der Waals surface area contributed by atoms with Crippen LogP contribution in [-0.4, -0.2) is 40.9 Å². The van der Waals surface area contributed by atoms with Crippen LogP contribution < -0.4 is 5.32 Å². The summed E-state index contributed by atoms with van der Waals surface area (Å²) in [5, 5.41) is 14.1. The smallest absolute Gasteiger partial charge is 0.278 e. The first kappa shape index (κ1) is 22.2. The molecule has 8 heteroatoms. The van der Waals surface area contributed by atoms with Crippen LogP contribution in [0.4, 0.5) is 11.4 Å². The largest absolute Gasteiger partial charge is 0.379 e. The quantitative estimate of drug-likeness (QED) is 0.284. The van der Waals surface area contributed by atoms with Gasteiger partial charge in [-0.3, -0.25) is 24.6 Å². The number of anilines is 1. The van der Waals surface area contributed by atoms with Crippen LogP contribution in [0.2, 0.25) is 0 Å². The number of nitrogens with zero attached hydrogens (tertiary/aromatic N) is 2. The van der Waals surface area contributed by atoms with Crippen LogP contribution in [0.3, 0.4) is 0 Å². The van der Waals surface area contributed by atoms with Crippen molar-refractivity contribution < 1.29 is 19.2 Å². The lowest BCUT2D eigenvalue weighted by Gasteiger charge is -2.16. The average Bonchev–Trinajstić information content (AvgIpc) is 2.95. The predicted molar refractivity (Wildman–Crippen MR) is 117 cm³/mol. The zero-order valence-electron chi connectivity index (χ0n) is 17.8. The van der Waals surface area contributed by atoms with E-state index in [1.54, 1.807) is 0 Å². The van der Waals surface area contributed by atoms with Crippen molar-refractivity contribution >= 4 is 28.8 Å². The Morgan fingerprint density at radius 2 is 1.81 bits per heavy atom. The Bertz CT molecular complexity index is 1030. The summed E-state index contributed by atoms with van der Waals surface area (Å²) in [4.78, 5) is 38.0. The molecule has 0 aliphatic carbocycles. The first-order chi connectivity index (χ1) is 14.8. The van der Waals surface area contributed by atoms with Gasteiger partial charge in [0.25, 0.3) is 17.5 Å². The van der Waals surface area contributed by atoms with Gasteiger partial charge in [0, 0.05) is 31.0 Å². The standard InChI is InChI=1S/C23H25N3O5/c1-15(2)31-13-5-12-25-22(27)20(17-8-10-19(11-9-17)26(29)30)21(23(25)28)24-18-7-4-6-16(3)14-18/h4,6-11,14-15,24H,5,12-13H2,1-3H3. The van der Waals surface area contributed by atoms with Crippen LogP contribution in [-0.2, 0) is 14.3 Å². The molecule has 0 fully saturated rings. The monoisotopic (exact) mass is 423 g/mol. The van der Waals surface area contributed by atoms with Crippen LogP contribution in [0.25, 0.3) is 5.57 Å². The Kier molecular flexibility index (Phi) is 6.81. The number of nitro benzene ring substituents is 1. The van der Waals surface area contributed by atoms with Gasteiger partial charge in [0.1, 0.15) is 5.70 Å². The summed E-state index contributed by atoms with van der Waals surface area (Å²) in [7, 11) is 0. The molecule has 0 atom stereocenters. The van der Waals surface area contributed by atoms with Gasteiger partial charge in [-0.05, 0) is 62.6 Å². The van der Waals surface area contributed by atoms with E-state index in [1.165, 1.54) is 29.2 Å². The highest BCUT2D eigenvalue weighted by Gasteiger charge is 2.39. The fourth-order valence-corrected chi connectivity index (χ4v) is 3.32. The molecule has 2 amide bonds. The van der Waals surface area contributed by atoms with Gasteiger partial charge in [-0.1, -0.05) is 12.1 Å². The topological polar surface area (TPSA) is 102 Å². The van der Waals surface area contributed by atoms with E-state index < -0.39 is 16.7 Å². The van der Waals surface area contributed by atoms with E-state index in [9.17, 15) is 19.7 Å². The van der Waals surface area contributed by atoms with Gasteiger partial charge in [0.05, 0.1) is 16.6 Å². The van der Waals surface area contributed by atoms with Crippen molar-refractivity contribution in [2.45, 2.75) is 33.3 Å². The maximum atomic E-state index is 13.2. The van der Waals surface area contributed by atoms with E-state index in [0.29, 0.717) is 24.3 Å². The first-order valence-electron chi connectivity index (χ1n) is 10.1. The third-order valence-electron chi connectivity index (χ3n) is 4.80. The van der Waals surface area contributed by atoms with Crippen molar-refractivity contribution in [2.24, 2.45) is 0 Å². The van der Waals surface area contributed by atoms with E-state index in [4.69, 9.17) is 4.74 Å². The minimum atomic E-state index is -0.507. The van der Waals surface area contributed by atoms with Crippen LogP contribution in [0.15, 0.2) is 54.2 Å². The minimum absolute atomic E-state index is 0.0670. The first-order valence-corrected chi connectivity index (χ1v) is 10.1. The normalized spacial score (nSPS) is 14.0. The molecule has 1 aliphatic rings. The third-order valence-corrected chi connectivity index (χ3v) is 4.80. The summed E-state index contributed by atoms with van der Waals surface area (Å²) < 4.78 is 5.51. The Morgan fingerprint density at radius 1 is 1.10 bits per heavy atom. The van der Waals surface area contributed by atoms with Gasteiger partial charge >= 0.3 is 0 Å². The Hall–Kier alpha value is -3.52. The third kappa shape index (κ3) is 5.16. The number of hydrogen-bond acceptors (Lipinski definition) is 6. The molecule has 1 N–H and O–H groups in total. The number of hydrogen-bond donors (Lipinski definition) is 1. The van der Waals surface area contributed by atoms with Crippen molar-refractivity contribution in [3.05, 3.63) is 75.5 Å².